The lowest BCUT2D eigenvalue weighted by Gasteiger charge is -2.42. The molecule has 94 valence electrons. The number of hydrogen-bond donors (Lipinski definition) is 1. The number of anilines is 1. The quantitative estimate of drug-likeness (QED) is 0.859. The molecular weight excluding hydrogens is 230 g/mol. The zero-order valence-electron chi connectivity index (χ0n) is 10.3. The number of rotatable bonds is 2. The number of piperidine rings is 1. The van der Waals surface area contributed by atoms with Crippen LogP contribution in [-0.2, 0) is 4.79 Å². The normalized spacial score (nSPS) is 23.4. The predicted octanol–water partition coefficient (Wildman–Crippen LogP) is 1.79. The van der Waals surface area contributed by atoms with Crippen LogP contribution >= 0.6 is 0 Å². The van der Waals surface area contributed by atoms with Gasteiger partial charge in [-0.3, -0.25) is 0 Å². The van der Waals surface area contributed by atoms with Crippen molar-refractivity contribution in [1.29, 1.82) is 5.26 Å². The first kappa shape index (κ1) is 12.4. The van der Waals surface area contributed by atoms with Gasteiger partial charge in [-0.1, -0.05) is 0 Å². The van der Waals surface area contributed by atoms with Crippen molar-refractivity contribution < 1.29 is 9.90 Å². The molecule has 18 heavy (non-hydrogen) atoms. The van der Waals surface area contributed by atoms with E-state index in [1.54, 1.807) is 30.2 Å². The van der Waals surface area contributed by atoms with Crippen LogP contribution in [0.15, 0.2) is 18.3 Å². The highest BCUT2D eigenvalue weighted by molar-refractivity contribution is 5.83. The van der Waals surface area contributed by atoms with E-state index < -0.39 is 11.5 Å². The van der Waals surface area contributed by atoms with Gasteiger partial charge in [0.15, 0.2) is 0 Å². The Morgan fingerprint density at radius 1 is 1.61 bits per heavy atom. The molecule has 1 fully saturated rings. The minimum Gasteiger partial charge on any atom is -0.480 e. The Balaban J connectivity index is 2.40. The van der Waals surface area contributed by atoms with Crippen LogP contribution in [0, 0.1) is 11.3 Å². The van der Waals surface area contributed by atoms with Crippen molar-refractivity contribution in [1.82, 2.24) is 4.98 Å². The molecule has 0 spiro atoms. The number of carboxylic acid groups (broad SMARTS) is 1. The molecule has 1 N–H and O–H groups in total. The molecule has 5 nitrogen and oxygen atoms in total. The Morgan fingerprint density at radius 3 is 3.06 bits per heavy atom. The second-order valence-corrected chi connectivity index (χ2v) is 4.70. The molecule has 2 rings (SSSR count). The second-order valence-electron chi connectivity index (χ2n) is 4.70. The van der Waals surface area contributed by atoms with Crippen molar-refractivity contribution in [2.75, 3.05) is 11.4 Å². The molecule has 0 bridgehead atoms. The lowest BCUT2D eigenvalue weighted by atomic mass is 9.88. The summed E-state index contributed by atoms with van der Waals surface area (Å²) in [5, 5.41) is 18.3. The van der Waals surface area contributed by atoms with Gasteiger partial charge >= 0.3 is 5.97 Å². The fourth-order valence-corrected chi connectivity index (χ4v) is 2.35. The van der Waals surface area contributed by atoms with E-state index in [9.17, 15) is 9.90 Å². The van der Waals surface area contributed by atoms with Crippen molar-refractivity contribution in [3.63, 3.8) is 0 Å². The van der Waals surface area contributed by atoms with Gasteiger partial charge in [0, 0.05) is 12.7 Å². The Kier molecular flexibility index (Phi) is 3.19. The number of aromatic nitrogens is 1. The summed E-state index contributed by atoms with van der Waals surface area (Å²) in [4.78, 5) is 17.5. The summed E-state index contributed by atoms with van der Waals surface area (Å²) in [6.07, 6.45) is 3.99. The summed E-state index contributed by atoms with van der Waals surface area (Å²) in [7, 11) is 0. The van der Waals surface area contributed by atoms with Crippen molar-refractivity contribution in [3.8, 4) is 6.07 Å². The molecule has 1 unspecified atom stereocenters. The first-order chi connectivity index (χ1) is 8.58. The smallest absolute Gasteiger partial charge is 0.329 e. The van der Waals surface area contributed by atoms with E-state index in [2.05, 4.69) is 4.98 Å². The summed E-state index contributed by atoms with van der Waals surface area (Å²) in [6.45, 7) is 2.37. The van der Waals surface area contributed by atoms with E-state index in [-0.39, 0.29) is 0 Å². The van der Waals surface area contributed by atoms with Gasteiger partial charge in [0.2, 0.25) is 0 Å². The van der Waals surface area contributed by atoms with Gasteiger partial charge in [0.05, 0.1) is 11.6 Å². The van der Waals surface area contributed by atoms with E-state index in [1.165, 1.54) is 0 Å². The van der Waals surface area contributed by atoms with Crippen LogP contribution in [0.4, 0.5) is 5.82 Å². The Bertz CT molecular complexity index is 509. The summed E-state index contributed by atoms with van der Waals surface area (Å²) in [5.74, 6) is -0.273. The molecule has 0 radical (unpaired) electrons. The first-order valence-electron chi connectivity index (χ1n) is 5.95. The summed E-state index contributed by atoms with van der Waals surface area (Å²) in [5.41, 5.74) is -0.433. The van der Waals surface area contributed by atoms with Gasteiger partial charge in [0.25, 0.3) is 0 Å². The van der Waals surface area contributed by atoms with Gasteiger partial charge in [-0.25, -0.2) is 9.78 Å². The molecule has 1 atom stereocenters. The minimum atomic E-state index is -0.931. The van der Waals surface area contributed by atoms with E-state index in [0.29, 0.717) is 24.3 Å². The van der Waals surface area contributed by atoms with Crippen molar-refractivity contribution >= 4 is 11.8 Å². The number of nitriles is 1. The van der Waals surface area contributed by atoms with E-state index in [0.717, 1.165) is 12.8 Å². The van der Waals surface area contributed by atoms with Gasteiger partial charge in [-0.05, 0) is 38.3 Å². The van der Waals surface area contributed by atoms with E-state index >= 15 is 0 Å². The van der Waals surface area contributed by atoms with Crippen LogP contribution in [0.2, 0.25) is 0 Å². The molecule has 5 heteroatoms. The SMILES string of the molecule is CC1(C(=O)O)CCCCN1c1cc(C#N)ccn1. The Labute approximate surface area is 106 Å². The Hall–Kier alpha value is -2.09. The molecule has 0 aliphatic carbocycles. The largest absolute Gasteiger partial charge is 0.480 e. The number of pyridine rings is 1. The van der Waals surface area contributed by atoms with Crippen LogP contribution in [-0.4, -0.2) is 28.1 Å². The van der Waals surface area contributed by atoms with Crippen LogP contribution < -0.4 is 4.90 Å². The first-order valence-corrected chi connectivity index (χ1v) is 5.95. The van der Waals surface area contributed by atoms with Gasteiger partial charge in [-0.15, -0.1) is 0 Å². The van der Waals surface area contributed by atoms with Crippen molar-refractivity contribution in [2.45, 2.75) is 31.7 Å². The average molecular weight is 245 g/mol. The highest BCUT2D eigenvalue weighted by atomic mass is 16.4. The number of carboxylic acids is 1. The summed E-state index contributed by atoms with van der Waals surface area (Å²) < 4.78 is 0. The van der Waals surface area contributed by atoms with E-state index in [1.807, 2.05) is 6.07 Å². The molecule has 0 amide bonds. The third-order valence-electron chi connectivity index (χ3n) is 3.50. The topological polar surface area (TPSA) is 77.2 Å². The average Bonchev–Trinajstić information content (AvgIpc) is 2.39. The maximum absolute atomic E-state index is 11.5. The minimum absolute atomic E-state index is 0.498. The van der Waals surface area contributed by atoms with Crippen LogP contribution in [0.3, 0.4) is 0 Å². The standard InChI is InChI=1S/C13H15N3O2/c1-13(12(17)18)5-2-3-7-16(13)11-8-10(9-14)4-6-15-11/h4,6,8H,2-3,5,7H2,1H3,(H,17,18). The lowest BCUT2D eigenvalue weighted by Crippen LogP contribution is -2.55. The molecule has 0 saturated carbocycles. The van der Waals surface area contributed by atoms with Crippen LogP contribution in [0.1, 0.15) is 31.7 Å². The predicted molar refractivity (Wildman–Crippen MR) is 66.2 cm³/mol. The van der Waals surface area contributed by atoms with E-state index in [4.69, 9.17) is 5.26 Å². The number of carbonyl (C=O) groups is 1. The van der Waals surface area contributed by atoms with Crippen molar-refractivity contribution in [3.05, 3.63) is 23.9 Å². The highest BCUT2D eigenvalue weighted by Gasteiger charge is 2.42. The zero-order chi connectivity index (χ0) is 13.2. The fraction of sp³-hybridized carbons (Fsp3) is 0.462. The Morgan fingerprint density at radius 2 is 2.39 bits per heavy atom. The molecule has 1 aromatic heterocycles. The number of aliphatic carboxylic acids is 1. The van der Waals surface area contributed by atoms with Crippen molar-refractivity contribution in [2.24, 2.45) is 0 Å². The molecule has 2 heterocycles. The third kappa shape index (κ3) is 2.02. The molecule has 1 aromatic rings. The molecule has 1 aliphatic heterocycles. The monoisotopic (exact) mass is 245 g/mol. The maximum Gasteiger partial charge on any atom is 0.329 e. The second kappa shape index (κ2) is 4.65. The van der Waals surface area contributed by atoms with Gasteiger partial charge in [-0.2, -0.15) is 5.26 Å². The highest BCUT2D eigenvalue weighted by Crippen LogP contribution is 2.32. The molecule has 1 saturated heterocycles. The fourth-order valence-electron chi connectivity index (χ4n) is 2.35. The summed E-state index contributed by atoms with van der Waals surface area (Å²) in [6, 6.07) is 5.31. The van der Waals surface area contributed by atoms with Gasteiger partial charge < -0.3 is 10.0 Å². The zero-order valence-corrected chi connectivity index (χ0v) is 10.3. The lowest BCUT2D eigenvalue weighted by molar-refractivity contribution is -0.143. The van der Waals surface area contributed by atoms with Crippen LogP contribution in [0.5, 0.6) is 0 Å². The molecular formula is C13H15N3O2. The molecule has 0 aromatic carbocycles. The van der Waals surface area contributed by atoms with Crippen LogP contribution in [0.25, 0.3) is 0 Å². The number of hydrogen-bond acceptors (Lipinski definition) is 4. The maximum atomic E-state index is 11.5. The third-order valence-corrected chi connectivity index (χ3v) is 3.50. The molecule has 1 aliphatic rings. The van der Waals surface area contributed by atoms with Gasteiger partial charge in [0.1, 0.15) is 11.4 Å². The summed E-state index contributed by atoms with van der Waals surface area (Å²) >= 11 is 0. The number of nitrogens with zero attached hydrogens (tertiary/aromatic N) is 3.